The fourth-order valence-electron chi connectivity index (χ4n) is 1.35. The van der Waals surface area contributed by atoms with E-state index in [1.54, 1.807) is 0 Å². The first-order chi connectivity index (χ1) is 7.77. The minimum absolute atomic E-state index is 0.667. The first-order valence-electron chi connectivity index (χ1n) is 4.88. The average molecular weight is 248 g/mol. The van der Waals surface area contributed by atoms with Gasteiger partial charge in [-0.25, -0.2) is 0 Å². The summed E-state index contributed by atoms with van der Waals surface area (Å²) in [6.07, 6.45) is 0. The first-order valence-corrected chi connectivity index (χ1v) is 5.67. The summed E-state index contributed by atoms with van der Waals surface area (Å²) in [5.74, 6) is 0. The highest BCUT2D eigenvalue weighted by atomic mass is 35.5. The molecule has 0 heterocycles. The van der Waals surface area contributed by atoms with E-state index in [9.17, 15) is 0 Å². The zero-order chi connectivity index (χ0) is 11.4. The number of halogens is 1. The molecule has 0 bridgehead atoms. The van der Waals surface area contributed by atoms with Crippen LogP contribution in [0.15, 0.2) is 54.6 Å². The molecule has 2 aromatic rings. The van der Waals surface area contributed by atoms with Crippen LogP contribution in [0.1, 0.15) is 5.56 Å². The topological polar surface area (TPSA) is 12.0 Å². The molecule has 80 valence electrons. The Kier molecular flexibility index (Phi) is 3.54. The Bertz CT molecular complexity index is 496. The molecule has 0 spiro atoms. The fourth-order valence-corrected chi connectivity index (χ4v) is 1.78. The van der Waals surface area contributed by atoms with Gasteiger partial charge in [0.25, 0.3) is 0 Å². The summed E-state index contributed by atoms with van der Waals surface area (Å²) < 4.78 is 0. The third-order valence-corrected chi connectivity index (χ3v) is 2.83. The van der Waals surface area contributed by atoms with Gasteiger partial charge in [-0.3, -0.25) is 0 Å². The number of para-hydroxylation sites is 1. The molecule has 0 fully saturated rings. The SMILES string of the molecule is S=C(Nc1ccccc1Cl)c1ccccc1. The lowest BCUT2D eigenvalue weighted by molar-refractivity contribution is 1.61. The van der Waals surface area contributed by atoms with E-state index in [-0.39, 0.29) is 0 Å². The Balaban J connectivity index is 2.18. The standard InChI is InChI=1S/C13H10ClNS/c14-11-8-4-5-9-12(11)15-13(16)10-6-2-1-3-7-10/h1-9H,(H,15,16). The lowest BCUT2D eigenvalue weighted by Crippen LogP contribution is -2.10. The van der Waals surface area contributed by atoms with Crippen LogP contribution in [0.5, 0.6) is 0 Å². The number of thiocarbonyl (C=S) groups is 1. The normalized spacial score (nSPS) is 9.81. The third-order valence-electron chi connectivity index (χ3n) is 2.16. The van der Waals surface area contributed by atoms with Gasteiger partial charge in [-0.2, -0.15) is 0 Å². The highest BCUT2D eigenvalue weighted by molar-refractivity contribution is 7.81. The van der Waals surface area contributed by atoms with Crippen molar-refractivity contribution >= 4 is 34.5 Å². The predicted octanol–water partition coefficient (Wildman–Crippen LogP) is 4.13. The highest BCUT2D eigenvalue weighted by Gasteiger charge is 2.03. The molecule has 0 aliphatic rings. The van der Waals surface area contributed by atoms with Crippen molar-refractivity contribution in [1.29, 1.82) is 0 Å². The number of benzene rings is 2. The van der Waals surface area contributed by atoms with Crippen LogP contribution < -0.4 is 5.32 Å². The van der Waals surface area contributed by atoms with Crippen LogP contribution in [0.4, 0.5) is 5.69 Å². The van der Waals surface area contributed by atoms with Crippen LogP contribution in [0.2, 0.25) is 5.02 Å². The van der Waals surface area contributed by atoms with Gasteiger partial charge in [0.15, 0.2) is 0 Å². The summed E-state index contributed by atoms with van der Waals surface area (Å²) in [7, 11) is 0. The molecule has 3 heteroatoms. The van der Waals surface area contributed by atoms with Gasteiger partial charge in [0.05, 0.1) is 10.7 Å². The van der Waals surface area contributed by atoms with E-state index in [0.717, 1.165) is 11.3 Å². The summed E-state index contributed by atoms with van der Waals surface area (Å²) in [6, 6.07) is 17.3. The fraction of sp³-hybridized carbons (Fsp3) is 0. The van der Waals surface area contributed by atoms with Crippen molar-refractivity contribution in [3.05, 3.63) is 65.2 Å². The minimum atomic E-state index is 0.667. The number of hydrogen-bond donors (Lipinski definition) is 1. The molecule has 0 aromatic heterocycles. The van der Waals surface area contributed by atoms with Crippen LogP contribution in [0.3, 0.4) is 0 Å². The molecule has 0 atom stereocenters. The van der Waals surface area contributed by atoms with Gasteiger partial charge in [0.2, 0.25) is 0 Å². The Morgan fingerprint density at radius 2 is 1.56 bits per heavy atom. The molecule has 0 unspecified atom stereocenters. The van der Waals surface area contributed by atoms with Crippen LogP contribution in [-0.2, 0) is 0 Å². The summed E-state index contributed by atoms with van der Waals surface area (Å²) >= 11 is 11.3. The maximum Gasteiger partial charge on any atom is 0.111 e. The van der Waals surface area contributed by atoms with Crippen LogP contribution in [0, 0.1) is 0 Å². The van der Waals surface area contributed by atoms with Gasteiger partial charge < -0.3 is 5.32 Å². The zero-order valence-corrected chi connectivity index (χ0v) is 10.1. The Morgan fingerprint density at radius 1 is 0.938 bits per heavy atom. The van der Waals surface area contributed by atoms with E-state index >= 15 is 0 Å². The monoisotopic (exact) mass is 247 g/mol. The van der Waals surface area contributed by atoms with E-state index in [2.05, 4.69) is 5.32 Å². The average Bonchev–Trinajstić information content (AvgIpc) is 2.33. The van der Waals surface area contributed by atoms with E-state index < -0.39 is 0 Å². The molecule has 0 aliphatic carbocycles. The summed E-state index contributed by atoms with van der Waals surface area (Å²) in [4.78, 5) is 0.675. The van der Waals surface area contributed by atoms with E-state index in [1.807, 2.05) is 54.6 Å². The Labute approximate surface area is 105 Å². The third kappa shape index (κ3) is 2.60. The smallest absolute Gasteiger partial charge is 0.111 e. The van der Waals surface area contributed by atoms with Crippen molar-refractivity contribution in [3.8, 4) is 0 Å². The maximum absolute atomic E-state index is 6.03. The molecule has 0 aliphatic heterocycles. The van der Waals surface area contributed by atoms with Crippen molar-refractivity contribution in [3.63, 3.8) is 0 Å². The molecule has 16 heavy (non-hydrogen) atoms. The second-order valence-electron chi connectivity index (χ2n) is 3.30. The molecule has 0 saturated heterocycles. The van der Waals surface area contributed by atoms with Gasteiger partial charge >= 0.3 is 0 Å². The van der Waals surface area contributed by atoms with Crippen LogP contribution >= 0.6 is 23.8 Å². The van der Waals surface area contributed by atoms with Gasteiger partial charge in [0, 0.05) is 5.56 Å². The van der Waals surface area contributed by atoms with Gasteiger partial charge in [-0.1, -0.05) is 66.3 Å². The van der Waals surface area contributed by atoms with Crippen LogP contribution in [0.25, 0.3) is 0 Å². The van der Waals surface area contributed by atoms with Gasteiger partial charge in [-0.15, -0.1) is 0 Å². The highest BCUT2D eigenvalue weighted by Crippen LogP contribution is 2.21. The molecular weight excluding hydrogens is 238 g/mol. The molecule has 0 radical (unpaired) electrons. The van der Waals surface area contributed by atoms with E-state index in [4.69, 9.17) is 23.8 Å². The Hall–Kier alpha value is -1.38. The molecule has 2 rings (SSSR count). The van der Waals surface area contributed by atoms with Gasteiger partial charge in [-0.05, 0) is 12.1 Å². The lowest BCUT2D eigenvalue weighted by atomic mass is 10.2. The summed E-state index contributed by atoms with van der Waals surface area (Å²) in [5.41, 5.74) is 1.82. The quantitative estimate of drug-likeness (QED) is 0.801. The summed E-state index contributed by atoms with van der Waals surface area (Å²) in [5, 5.41) is 3.79. The first kappa shape index (κ1) is 11.1. The maximum atomic E-state index is 6.03. The minimum Gasteiger partial charge on any atom is -0.345 e. The molecule has 0 saturated carbocycles. The molecule has 0 amide bonds. The number of anilines is 1. The number of hydrogen-bond acceptors (Lipinski definition) is 1. The zero-order valence-electron chi connectivity index (χ0n) is 8.48. The van der Waals surface area contributed by atoms with Crippen LogP contribution in [-0.4, -0.2) is 4.99 Å². The van der Waals surface area contributed by atoms with E-state index in [1.165, 1.54) is 0 Å². The molecule has 1 nitrogen and oxygen atoms in total. The second kappa shape index (κ2) is 5.10. The number of rotatable bonds is 2. The van der Waals surface area contributed by atoms with Crippen molar-refractivity contribution in [2.24, 2.45) is 0 Å². The molecule has 2 aromatic carbocycles. The summed E-state index contributed by atoms with van der Waals surface area (Å²) in [6.45, 7) is 0. The molecular formula is C13H10ClNS. The van der Waals surface area contributed by atoms with E-state index in [0.29, 0.717) is 10.0 Å². The van der Waals surface area contributed by atoms with Gasteiger partial charge in [0.1, 0.15) is 4.99 Å². The van der Waals surface area contributed by atoms with Crippen molar-refractivity contribution in [2.45, 2.75) is 0 Å². The van der Waals surface area contributed by atoms with Crippen molar-refractivity contribution < 1.29 is 0 Å². The largest absolute Gasteiger partial charge is 0.345 e. The lowest BCUT2D eigenvalue weighted by Gasteiger charge is -2.09. The van der Waals surface area contributed by atoms with Crippen molar-refractivity contribution in [2.75, 3.05) is 5.32 Å². The molecule has 1 N–H and O–H groups in total. The second-order valence-corrected chi connectivity index (χ2v) is 4.12. The predicted molar refractivity (Wildman–Crippen MR) is 73.2 cm³/mol. The Morgan fingerprint density at radius 3 is 2.25 bits per heavy atom. The number of nitrogens with one attached hydrogen (secondary N) is 1. The van der Waals surface area contributed by atoms with Crippen molar-refractivity contribution in [1.82, 2.24) is 0 Å².